The molecule has 1 unspecified atom stereocenters. The Balaban J connectivity index is 1.33. The van der Waals surface area contributed by atoms with Crippen LogP contribution in [0.1, 0.15) is 25.3 Å². The van der Waals surface area contributed by atoms with E-state index in [4.69, 9.17) is 9.47 Å². The number of piperidine rings is 1. The molecule has 32 heavy (non-hydrogen) atoms. The van der Waals surface area contributed by atoms with Gasteiger partial charge in [-0.1, -0.05) is 19.1 Å². The highest BCUT2D eigenvalue weighted by Gasteiger charge is 2.34. The zero-order valence-corrected chi connectivity index (χ0v) is 18.6. The molecule has 0 N–H and O–H groups in total. The Morgan fingerprint density at radius 3 is 2.69 bits per heavy atom. The van der Waals surface area contributed by atoms with E-state index in [1.807, 2.05) is 31.2 Å². The molecule has 0 spiro atoms. The van der Waals surface area contributed by atoms with Gasteiger partial charge in [0.1, 0.15) is 18.4 Å². The summed E-state index contributed by atoms with van der Waals surface area (Å²) in [5.74, 6) is 0.565. The van der Waals surface area contributed by atoms with Crippen LogP contribution in [0, 0.1) is 0 Å². The molecule has 170 valence electrons. The Morgan fingerprint density at radius 2 is 1.94 bits per heavy atom. The number of aryl methyl sites for hydroxylation is 1. The Labute approximate surface area is 187 Å². The van der Waals surface area contributed by atoms with Crippen molar-refractivity contribution in [1.29, 1.82) is 0 Å². The number of carbonyl (C=O) groups is 2. The molecule has 9 heteroatoms. The molecule has 2 fully saturated rings. The Kier molecular flexibility index (Phi) is 6.72. The van der Waals surface area contributed by atoms with Crippen LogP contribution < -0.4 is 14.4 Å². The van der Waals surface area contributed by atoms with Crippen LogP contribution in [0.5, 0.6) is 11.8 Å². The number of aromatic nitrogens is 2. The van der Waals surface area contributed by atoms with E-state index in [-0.39, 0.29) is 24.6 Å². The van der Waals surface area contributed by atoms with Crippen molar-refractivity contribution >= 4 is 17.6 Å². The average Bonchev–Trinajstić information content (AvgIpc) is 3.19. The van der Waals surface area contributed by atoms with E-state index in [9.17, 15) is 9.59 Å². The third kappa shape index (κ3) is 4.76. The van der Waals surface area contributed by atoms with Crippen molar-refractivity contribution in [3.05, 3.63) is 42.2 Å². The summed E-state index contributed by atoms with van der Waals surface area (Å²) in [6, 6.07) is 7.56. The van der Waals surface area contributed by atoms with Gasteiger partial charge >= 0.3 is 12.0 Å². The third-order valence-corrected chi connectivity index (χ3v) is 5.89. The molecular weight excluding hydrogens is 410 g/mol. The lowest BCUT2D eigenvalue weighted by Crippen LogP contribution is -2.48. The van der Waals surface area contributed by atoms with E-state index in [0.717, 1.165) is 30.5 Å². The molecule has 0 aliphatic carbocycles. The lowest BCUT2D eigenvalue weighted by Gasteiger charge is -2.33. The quantitative estimate of drug-likeness (QED) is 0.658. The van der Waals surface area contributed by atoms with Crippen LogP contribution in [0.2, 0.25) is 0 Å². The number of urea groups is 1. The predicted molar refractivity (Wildman–Crippen MR) is 119 cm³/mol. The molecule has 0 bridgehead atoms. The molecule has 2 aliphatic heterocycles. The Morgan fingerprint density at radius 1 is 1.16 bits per heavy atom. The summed E-state index contributed by atoms with van der Waals surface area (Å²) in [7, 11) is 1.58. The number of hydrogen-bond donors (Lipinski definition) is 0. The molecule has 2 saturated heterocycles. The minimum Gasteiger partial charge on any atom is -0.495 e. The number of likely N-dealkylation sites (tertiary alicyclic amines) is 1. The van der Waals surface area contributed by atoms with Gasteiger partial charge < -0.3 is 19.3 Å². The van der Waals surface area contributed by atoms with Gasteiger partial charge in [0.2, 0.25) is 5.91 Å². The molecule has 0 saturated carbocycles. The second-order valence-corrected chi connectivity index (χ2v) is 7.98. The summed E-state index contributed by atoms with van der Waals surface area (Å²) in [6.45, 7) is 4.24. The fraction of sp³-hybridized carbons (Fsp3) is 0.478. The topological polar surface area (TPSA) is 88.1 Å². The fourth-order valence-electron chi connectivity index (χ4n) is 4.07. The number of rotatable bonds is 7. The van der Waals surface area contributed by atoms with Crippen molar-refractivity contribution < 1.29 is 19.1 Å². The van der Waals surface area contributed by atoms with Crippen LogP contribution in [0.3, 0.4) is 0 Å². The van der Waals surface area contributed by atoms with Gasteiger partial charge in [-0.3, -0.25) is 9.69 Å². The number of para-hydroxylation sites is 2. The highest BCUT2D eigenvalue weighted by Crippen LogP contribution is 2.30. The largest absolute Gasteiger partial charge is 0.495 e. The standard InChI is InChI=1S/C23H29N5O4/c1-3-17-13-24-22(25-14-17)32-18-7-6-10-26(15-18)21(29)16-27-11-12-28(23(27)30)19-8-4-5-9-20(19)31-2/h4-5,8-9,13-14,18H,3,6-7,10-12,15-16H2,1-2H3. The summed E-state index contributed by atoms with van der Waals surface area (Å²) in [5, 5.41) is 0. The van der Waals surface area contributed by atoms with Crippen LogP contribution in [0.15, 0.2) is 36.7 Å². The van der Waals surface area contributed by atoms with E-state index in [1.54, 1.807) is 34.2 Å². The molecule has 2 aromatic rings. The first-order valence-corrected chi connectivity index (χ1v) is 11.0. The summed E-state index contributed by atoms with van der Waals surface area (Å²) >= 11 is 0. The van der Waals surface area contributed by atoms with Crippen molar-refractivity contribution in [2.24, 2.45) is 0 Å². The number of methoxy groups -OCH3 is 1. The summed E-state index contributed by atoms with van der Waals surface area (Å²) < 4.78 is 11.3. The van der Waals surface area contributed by atoms with Gasteiger partial charge in [0.25, 0.3) is 0 Å². The van der Waals surface area contributed by atoms with Crippen molar-refractivity contribution in [2.45, 2.75) is 32.3 Å². The second kappa shape index (κ2) is 9.84. The van der Waals surface area contributed by atoms with Crippen LogP contribution >= 0.6 is 0 Å². The zero-order chi connectivity index (χ0) is 22.5. The molecule has 1 aromatic carbocycles. The summed E-state index contributed by atoms with van der Waals surface area (Å²) in [5.41, 5.74) is 1.77. The molecule has 0 radical (unpaired) electrons. The Hall–Kier alpha value is -3.36. The SMILES string of the molecule is CCc1cnc(OC2CCCN(C(=O)CN3CCN(c4ccccc4OC)C3=O)C2)nc1. The number of carbonyl (C=O) groups excluding carboxylic acids is 2. The maximum atomic E-state index is 12.9. The van der Waals surface area contributed by atoms with Gasteiger partial charge in [0.15, 0.2) is 0 Å². The van der Waals surface area contributed by atoms with Crippen molar-refractivity contribution in [3.8, 4) is 11.8 Å². The number of hydrogen-bond acceptors (Lipinski definition) is 6. The normalized spacial score (nSPS) is 18.8. The van der Waals surface area contributed by atoms with Crippen molar-refractivity contribution in [2.75, 3.05) is 44.7 Å². The van der Waals surface area contributed by atoms with Crippen LogP contribution in [0.25, 0.3) is 0 Å². The van der Waals surface area contributed by atoms with Gasteiger partial charge in [-0.25, -0.2) is 14.8 Å². The summed E-state index contributed by atoms with van der Waals surface area (Å²) in [6.07, 6.45) is 5.92. The predicted octanol–water partition coefficient (Wildman–Crippen LogP) is 2.36. The average molecular weight is 440 g/mol. The minimum absolute atomic E-state index is 0.0545. The van der Waals surface area contributed by atoms with Crippen molar-refractivity contribution in [3.63, 3.8) is 0 Å². The molecule has 1 aromatic heterocycles. The van der Waals surface area contributed by atoms with Gasteiger partial charge in [0.05, 0.1) is 19.3 Å². The van der Waals surface area contributed by atoms with Gasteiger partial charge in [-0.05, 0) is 37.0 Å². The van der Waals surface area contributed by atoms with Crippen LogP contribution in [-0.4, -0.2) is 77.6 Å². The molecule has 3 heterocycles. The van der Waals surface area contributed by atoms with Crippen LogP contribution in [0.4, 0.5) is 10.5 Å². The third-order valence-electron chi connectivity index (χ3n) is 5.89. The van der Waals surface area contributed by atoms with Crippen LogP contribution in [-0.2, 0) is 11.2 Å². The van der Waals surface area contributed by atoms with Gasteiger partial charge in [-0.2, -0.15) is 0 Å². The highest BCUT2D eigenvalue weighted by atomic mass is 16.5. The van der Waals surface area contributed by atoms with Gasteiger partial charge in [0, 0.05) is 32.0 Å². The van der Waals surface area contributed by atoms with E-state index < -0.39 is 0 Å². The maximum absolute atomic E-state index is 12.9. The Bertz CT molecular complexity index is 952. The molecule has 9 nitrogen and oxygen atoms in total. The second-order valence-electron chi connectivity index (χ2n) is 7.98. The zero-order valence-electron chi connectivity index (χ0n) is 18.6. The first-order valence-electron chi connectivity index (χ1n) is 11.0. The highest BCUT2D eigenvalue weighted by molar-refractivity contribution is 5.97. The lowest BCUT2D eigenvalue weighted by atomic mass is 10.1. The lowest BCUT2D eigenvalue weighted by molar-refractivity contribution is -0.134. The van der Waals surface area contributed by atoms with Gasteiger partial charge in [-0.15, -0.1) is 0 Å². The monoisotopic (exact) mass is 439 g/mol. The molecular formula is C23H29N5O4. The fourth-order valence-corrected chi connectivity index (χ4v) is 4.07. The van der Waals surface area contributed by atoms with Crippen molar-refractivity contribution in [1.82, 2.24) is 19.8 Å². The summed E-state index contributed by atoms with van der Waals surface area (Å²) in [4.78, 5) is 39.4. The maximum Gasteiger partial charge on any atom is 0.325 e. The minimum atomic E-state index is -0.183. The van der Waals surface area contributed by atoms with E-state index in [0.29, 0.717) is 37.9 Å². The smallest absolute Gasteiger partial charge is 0.325 e. The van der Waals surface area contributed by atoms with E-state index >= 15 is 0 Å². The van der Waals surface area contributed by atoms with E-state index in [1.165, 1.54) is 0 Å². The number of benzene rings is 1. The number of ether oxygens (including phenoxy) is 2. The molecule has 2 aliphatic rings. The number of anilines is 1. The number of nitrogens with zero attached hydrogens (tertiary/aromatic N) is 5. The first kappa shape index (κ1) is 21.9. The molecule has 4 rings (SSSR count). The molecule has 3 amide bonds. The molecule has 1 atom stereocenters. The van der Waals surface area contributed by atoms with E-state index in [2.05, 4.69) is 9.97 Å². The number of amides is 3. The first-order chi connectivity index (χ1) is 15.6.